The molecule has 0 unspecified atom stereocenters. The van der Waals surface area contributed by atoms with E-state index in [4.69, 9.17) is 4.74 Å². The number of carbonyl (C=O) groups is 1. The Balaban J connectivity index is 1.63. The van der Waals surface area contributed by atoms with Gasteiger partial charge in [0.1, 0.15) is 5.75 Å². The predicted octanol–water partition coefficient (Wildman–Crippen LogP) is 1.32. The van der Waals surface area contributed by atoms with Gasteiger partial charge < -0.3 is 14.2 Å². The largest absolute Gasteiger partial charge is 0.497 e. The van der Waals surface area contributed by atoms with Crippen molar-refractivity contribution in [3.8, 4) is 5.75 Å². The fourth-order valence-corrected chi connectivity index (χ4v) is 5.85. The number of carbonyl (C=O) groups excluding carboxylic acids is 1. The molecule has 9 heteroatoms. The molecule has 3 atom stereocenters. The summed E-state index contributed by atoms with van der Waals surface area (Å²) in [6, 6.07) is 7.68. The summed E-state index contributed by atoms with van der Waals surface area (Å²) in [5, 5.41) is 0. The molecule has 1 amide bonds. The first-order valence-corrected chi connectivity index (χ1v) is 11.5. The highest BCUT2D eigenvalue weighted by atomic mass is 32.2. The summed E-state index contributed by atoms with van der Waals surface area (Å²) in [6.07, 6.45) is 5.26. The van der Waals surface area contributed by atoms with Crippen LogP contribution in [0.1, 0.15) is 28.5 Å². The van der Waals surface area contributed by atoms with Crippen molar-refractivity contribution in [1.82, 2.24) is 18.8 Å². The van der Waals surface area contributed by atoms with E-state index in [2.05, 4.69) is 4.98 Å². The van der Waals surface area contributed by atoms with Crippen LogP contribution in [0.2, 0.25) is 0 Å². The molecule has 2 aliphatic rings. The molecular weight excluding hydrogens is 392 g/mol. The molecule has 0 bridgehead atoms. The number of imidazole rings is 1. The number of nitrogens with zero attached hydrogens (tertiary/aromatic N) is 4. The number of aryl methyl sites for hydroxylation is 1. The highest BCUT2D eigenvalue weighted by Crippen LogP contribution is 2.43. The molecule has 3 heterocycles. The number of ether oxygens (including phenoxy) is 1. The van der Waals surface area contributed by atoms with E-state index in [1.54, 1.807) is 35.4 Å². The number of fused-ring (bicyclic) bond motifs is 1. The Hall–Kier alpha value is -2.39. The molecule has 0 radical (unpaired) electrons. The standard InChI is InChI=1S/C20H26N4O4S/c1-22-11-9-21-19(22)20(25)23-10-8-18-17(12-23)16(13-24(18)29(3,26)27)14-4-6-15(28-2)7-5-14/h4-7,9,11,16-18H,8,10,12-13H2,1-3H3/t16-,17-,18-/m0/s1. The summed E-state index contributed by atoms with van der Waals surface area (Å²) in [4.78, 5) is 19.0. The highest BCUT2D eigenvalue weighted by Gasteiger charge is 2.49. The monoisotopic (exact) mass is 418 g/mol. The molecular formula is C20H26N4O4S. The van der Waals surface area contributed by atoms with Gasteiger partial charge in [0.25, 0.3) is 5.91 Å². The van der Waals surface area contributed by atoms with Gasteiger partial charge in [0.2, 0.25) is 10.0 Å². The van der Waals surface area contributed by atoms with Crippen LogP contribution in [0, 0.1) is 5.92 Å². The topological polar surface area (TPSA) is 84.7 Å². The molecule has 2 aromatic rings. The Kier molecular flexibility index (Phi) is 5.12. The average molecular weight is 419 g/mol. The van der Waals surface area contributed by atoms with Crippen LogP contribution in [0.25, 0.3) is 0 Å². The maximum Gasteiger partial charge on any atom is 0.289 e. The fourth-order valence-electron chi connectivity index (χ4n) is 4.67. The SMILES string of the molecule is COc1ccc([C@@H]2CN(S(C)(=O)=O)[C@H]3CCN(C(=O)c4nccn4C)C[C@@H]23)cc1. The van der Waals surface area contributed by atoms with Crippen molar-refractivity contribution in [3.05, 3.63) is 48.0 Å². The number of methoxy groups -OCH3 is 1. The second-order valence-electron chi connectivity index (χ2n) is 7.85. The summed E-state index contributed by atoms with van der Waals surface area (Å²) >= 11 is 0. The first-order chi connectivity index (χ1) is 13.8. The van der Waals surface area contributed by atoms with E-state index in [0.29, 0.717) is 31.9 Å². The summed E-state index contributed by atoms with van der Waals surface area (Å²) in [6.45, 7) is 1.47. The zero-order valence-corrected chi connectivity index (χ0v) is 17.7. The van der Waals surface area contributed by atoms with Gasteiger partial charge in [-0.25, -0.2) is 13.4 Å². The fraction of sp³-hybridized carbons (Fsp3) is 0.500. The second-order valence-corrected chi connectivity index (χ2v) is 9.78. The molecule has 0 saturated carbocycles. The number of hydrogen-bond donors (Lipinski definition) is 0. The van der Waals surface area contributed by atoms with Crippen LogP contribution >= 0.6 is 0 Å². The summed E-state index contributed by atoms with van der Waals surface area (Å²) < 4.78 is 33.4. The van der Waals surface area contributed by atoms with Crippen molar-refractivity contribution in [2.45, 2.75) is 18.4 Å². The van der Waals surface area contributed by atoms with Crippen molar-refractivity contribution in [2.24, 2.45) is 13.0 Å². The van der Waals surface area contributed by atoms with Gasteiger partial charge in [-0.15, -0.1) is 0 Å². The van der Waals surface area contributed by atoms with E-state index in [9.17, 15) is 13.2 Å². The number of rotatable bonds is 4. The normalized spacial score (nSPS) is 25.1. The van der Waals surface area contributed by atoms with Crippen LogP contribution in [0.3, 0.4) is 0 Å². The molecule has 0 spiro atoms. The predicted molar refractivity (Wildman–Crippen MR) is 108 cm³/mol. The van der Waals surface area contributed by atoms with E-state index in [-0.39, 0.29) is 23.8 Å². The van der Waals surface area contributed by atoms with E-state index < -0.39 is 10.0 Å². The lowest BCUT2D eigenvalue weighted by molar-refractivity contribution is 0.0615. The zero-order chi connectivity index (χ0) is 20.8. The quantitative estimate of drug-likeness (QED) is 0.748. The summed E-state index contributed by atoms with van der Waals surface area (Å²) in [7, 11) is 0.0934. The van der Waals surface area contributed by atoms with Crippen molar-refractivity contribution >= 4 is 15.9 Å². The minimum Gasteiger partial charge on any atom is -0.497 e. The molecule has 29 heavy (non-hydrogen) atoms. The van der Waals surface area contributed by atoms with E-state index in [1.807, 2.05) is 29.2 Å². The summed E-state index contributed by atoms with van der Waals surface area (Å²) in [5.74, 6) is 1.12. The molecule has 4 rings (SSSR count). The van der Waals surface area contributed by atoms with Gasteiger partial charge in [-0.2, -0.15) is 4.31 Å². The van der Waals surface area contributed by atoms with E-state index >= 15 is 0 Å². The van der Waals surface area contributed by atoms with Gasteiger partial charge in [0.15, 0.2) is 5.82 Å². The number of aromatic nitrogens is 2. The van der Waals surface area contributed by atoms with Gasteiger partial charge in [-0.3, -0.25) is 4.79 Å². The van der Waals surface area contributed by atoms with Crippen molar-refractivity contribution < 1.29 is 17.9 Å². The number of likely N-dealkylation sites (tertiary alicyclic amines) is 1. The first-order valence-electron chi connectivity index (χ1n) is 9.67. The Morgan fingerprint density at radius 1 is 1.21 bits per heavy atom. The molecule has 2 fully saturated rings. The Labute approximate surface area is 171 Å². The van der Waals surface area contributed by atoms with Crippen LogP contribution in [0.5, 0.6) is 5.75 Å². The number of benzene rings is 1. The van der Waals surface area contributed by atoms with E-state index in [1.165, 1.54) is 6.26 Å². The number of sulfonamides is 1. The Morgan fingerprint density at radius 3 is 2.52 bits per heavy atom. The molecule has 0 aliphatic carbocycles. The summed E-state index contributed by atoms with van der Waals surface area (Å²) in [5.41, 5.74) is 1.07. The Morgan fingerprint density at radius 2 is 1.93 bits per heavy atom. The van der Waals surface area contributed by atoms with Gasteiger partial charge >= 0.3 is 0 Å². The van der Waals surface area contributed by atoms with Crippen LogP contribution in [0.4, 0.5) is 0 Å². The molecule has 1 aromatic heterocycles. The minimum absolute atomic E-state index is 0.0256. The van der Waals surface area contributed by atoms with Crippen LogP contribution in [-0.2, 0) is 17.1 Å². The third-order valence-corrected chi connectivity index (χ3v) is 7.43. The van der Waals surface area contributed by atoms with Crippen molar-refractivity contribution in [2.75, 3.05) is 33.0 Å². The minimum atomic E-state index is -3.33. The maximum absolute atomic E-state index is 13.0. The van der Waals surface area contributed by atoms with Crippen molar-refractivity contribution in [3.63, 3.8) is 0 Å². The number of piperidine rings is 1. The van der Waals surface area contributed by atoms with Crippen molar-refractivity contribution in [1.29, 1.82) is 0 Å². The molecule has 1 aromatic carbocycles. The van der Waals surface area contributed by atoms with Gasteiger partial charge in [0, 0.05) is 57.0 Å². The van der Waals surface area contributed by atoms with Crippen LogP contribution < -0.4 is 4.74 Å². The van der Waals surface area contributed by atoms with Gasteiger partial charge in [-0.05, 0) is 24.1 Å². The molecule has 2 saturated heterocycles. The molecule has 156 valence electrons. The second kappa shape index (κ2) is 7.46. The maximum atomic E-state index is 13.0. The zero-order valence-electron chi connectivity index (χ0n) is 16.9. The molecule has 0 N–H and O–H groups in total. The smallest absolute Gasteiger partial charge is 0.289 e. The number of hydrogen-bond acceptors (Lipinski definition) is 5. The lowest BCUT2D eigenvalue weighted by Gasteiger charge is -2.38. The number of amides is 1. The Bertz CT molecular complexity index is 1000. The van der Waals surface area contributed by atoms with Gasteiger partial charge in [0.05, 0.1) is 13.4 Å². The van der Waals surface area contributed by atoms with Gasteiger partial charge in [-0.1, -0.05) is 12.1 Å². The first kappa shape index (κ1) is 19.9. The molecule has 8 nitrogen and oxygen atoms in total. The van der Waals surface area contributed by atoms with E-state index in [0.717, 1.165) is 11.3 Å². The molecule has 2 aliphatic heterocycles. The lowest BCUT2D eigenvalue weighted by atomic mass is 9.82. The van der Waals surface area contributed by atoms with Crippen LogP contribution in [0.15, 0.2) is 36.7 Å². The van der Waals surface area contributed by atoms with Crippen LogP contribution in [-0.4, -0.2) is 72.1 Å². The average Bonchev–Trinajstić information content (AvgIpc) is 3.30. The highest BCUT2D eigenvalue weighted by molar-refractivity contribution is 7.88. The third-order valence-electron chi connectivity index (χ3n) is 6.15. The lowest BCUT2D eigenvalue weighted by Crippen LogP contribution is -2.49. The third kappa shape index (κ3) is 3.64.